The van der Waals surface area contributed by atoms with Gasteiger partial charge in [-0.15, -0.1) is 0 Å². The number of rotatable bonds is 0. The minimum atomic E-state index is -2.92. The van der Waals surface area contributed by atoms with Crippen molar-refractivity contribution in [1.29, 1.82) is 0 Å². The molecular weight excluding hydrogens is 121 g/mol. The third kappa shape index (κ3) is 158. The number of hydrogen-bond acceptors (Lipinski definition) is 3. The first kappa shape index (κ1) is 16.0. The smallest absolute Gasteiger partial charge is 0.907 e. The summed E-state index contributed by atoms with van der Waals surface area (Å²) in [5, 5.41) is 25.2. The summed E-state index contributed by atoms with van der Waals surface area (Å²) in [6.07, 6.45) is 0. The van der Waals surface area contributed by atoms with Crippen LogP contribution in [0.5, 0.6) is 0 Å². The van der Waals surface area contributed by atoms with Crippen LogP contribution < -0.4 is 21.2 Å². The van der Waals surface area contributed by atoms with E-state index in [4.69, 9.17) is 15.1 Å². The van der Waals surface area contributed by atoms with Crippen molar-refractivity contribution in [3.63, 3.8) is 0 Å². The van der Waals surface area contributed by atoms with Gasteiger partial charge in [-0.3, -0.25) is 7.32 Å². The molecule has 0 spiro atoms. The van der Waals surface area contributed by atoms with Gasteiger partial charge in [0.15, 0.2) is 0 Å². The predicted molar refractivity (Wildman–Crippen MR) is 11.7 cm³/mol. The van der Waals surface area contributed by atoms with Gasteiger partial charge in [-0.1, -0.05) is 0 Å². The molecule has 0 fully saturated rings. The average Bonchev–Trinajstić information content (AvgIpc) is 0.811. The van der Waals surface area contributed by atoms with Gasteiger partial charge in [0.1, 0.15) is 0 Å². The van der Waals surface area contributed by atoms with E-state index in [0.717, 1.165) is 0 Å². The summed E-state index contributed by atoms with van der Waals surface area (Å²) in [7, 11) is -2.92. The Morgan fingerprint density at radius 1 is 1.00 bits per heavy atom. The van der Waals surface area contributed by atoms with E-state index in [-0.39, 0.29) is 27.9 Å². The third-order valence-corrected chi connectivity index (χ3v) is 0. The summed E-state index contributed by atoms with van der Waals surface area (Å²) in [6.45, 7) is 0. The molecule has 0 bridgehead atoms. The van der Waals surface area contributed by atoms with Crippen LogP contribution in [0.25, 0.3) is 0 Å². The van der Waals surface area contributed by atoms with Crippen LogP contribution in [0.1, 0.15) is 0 Å². The van der Waals surface area contributed by atoms with Crippen molar-refractivity contribution >= 4 is 7.32 Å². The quantitative estimate of drug-likeness (QED) is 0.338. The molecule has 0 aromatic carbocycles. The topological polar surface area (TPSA) is 106 Å². The van der Waals surface area contributed by atoms with E-state index in [9.17, 15) is 0 Å². The maximum atomic E-state index is 8.42. The van der Waals surface area contributed by atoms with Crippen molar-refractivity contribution in [1.82, 2.24) is 6.15 Å². The molecule has 4 N–H and O–H groups in total. The molecule has 0 unspecified atom stereocenters. The summed E-state index contributed by atoms with van der Waals surface area (Å²) in [5.41, 5.74) is 0. The van der Waals surface area contributed by atoms with Gasteiger partial charge in [-0.2, -0.15) is 0 Å². The van der Waals surface area contributed by atoms with Gasteiger partial charge in [0, 0.05) is 0 Å². The molecule has 0 aliphatic carbocycles. The van der Waals surface area contributed by atoms with Gasteiger partial charge in [0.25, 0.3) is 0 Å². The van der Waals surface area contributed by atoms with Crippen LogP contribution in [0, 0.1) is 0 Å². The normalized spacial score (nSPS) is 4.50. The first-order chi connectivity index (χ1) is 1.73. The second-order valence-electron chi connectivity index (χ2n) is 0.289. The molecular formula is H4BNO3Ti. The van der Waals surface area contributed by atoms with Crippen molar-refractivity contribution in [3.8, 4) is 0 Å². The minimum Gasteiger partial charge on any atom is -0.907 e. The van der Waals surface area contributed by atoms with E-state index in [1.54, 1.807) is 0 Å². The van der Waals surface area contributed by atoms with Gasteiger partial charge in [0.2, 0.25) is 0 Å². The van der Waals surface area contributed by atoms with Gasteiger partial charge >= 0.3 is 21.7 Å². The Bertz CT molecular complexity index is 15.5. The van der Waals surface area contributed by atoms with E-state index in [1.165, 1.54) is 0 Å². The van der Waals surface area contributed by atoms with E-state index in [0.29, 0.717) is 0 Å². The average molecular weight is 125 g/mol. The van der Waals surface area contributed by atoms with E-state index in [2.05, 4.69) is 0 Å². The Hall–Kier alpha value is 0.619. The Labute approximate surface area is 50.8 Å². The molecule has 0 saturated carbocycles. The summed E-state index contributed by atoms with van der Waals surface area (Å²) < 4.78 is 0. The van der Waals surface area contributed by atoms with E-state index in [1.807, 2.05) is 0 Å². The summed E-state index contributed by atoms with van der Waals surface area (Å²) in [6, 6.07) is 0. The molecule has 0 aliphatic heterocycles. The fraction of sp³-hybridized carbons (Fsp3) is 0. The van der Waals surface area contributed by atoms with E-state index < -0.39 is 7.32 Å². The van der Waals surface area contributed by atoms with Crippen molar-refractivity contribution in [2.24, 2.45) is 0 Å². The maximum absolute atomic E-state index is 8.42. The molecule has 4 nitrogen and oxygen atoms in total. The largest absolute Gasteiger partial charge is 2.00 e. The second-order valence-corrected chi connectivity index (χ2v) is 0.289. The maximum Gasteiger partial charge on any atom is 2.00 e. The van der Waals surface area contributed by atoms with Crippen LogP contribution in [0.3, 0.4) is 0 Å². The van der Waals surface area contributed by atoms with Crippen LogP contribution in [-0.4, -0.2) is 7.32 Å². The predicted octanol–water partition coefficient (Wildman–Crippen LogP) is -3.57. The Kier molecular flexibility index (Phi) is 24.3. The zero-order valence-electron chi connectivity index (χ0n) is 3.30. The molecule has 6 heteroatoms. The van der Waals surface area contributed by atoms with Crippen molar-refractivity contribution in [2.75, 3.05) is 0 Å². The Morgan fingerprint density at radius 3 is 1.00 bits per heavy atom. The molecule has 0 radical (unpaired) electrons. The van der Waals surface area contributed by atoms with Crippen LogP contribution in [0.15, 0.2) is 0 Å². The summed E-state index contributed by atoms with van der Waals surface area (Å²) >= 11 is 0. The zero-order valence-corrected chi connectivity index (χ0v) is 4.86. The van der Waals surface area contributed by atoms with Crippen molar-refractivity contribution in [2.45, 2.75) is 0 Å². The monoisotopic (exact) mass is 125 g/mol. The molecule has 6 heavy (non-hydrogen) atoms. The second kappa shape index (κ2) is 9.15. The van der Waals surface area contributed by atoms with Crippen LogP contribution in [0.4, 0.5) is 0 Å². The van der Waals surface area contributed by atoms with Crippen molar-refractivity contribution in [3.05, 3.63) is 0 Å². The molecule has 0 aromatic heterocycles. The SMILES string of the molecule is [NH4+].[O-]B([O-])[O-].[Ti+2]. The summed E-state index contributed by atoms with van der Waals surface area (Å²) in [5.74, 6) is 0. The van der Waals surface area contributed by atoms with Crippen molar-refractivity contribution < 1.29 is 36.8 Å². The Morgan fingerprint density at radius 2 is 1.00 bits per heavy atom. The van der Waals surface area contributed by atoms with Gasteiger partial charge < -0.3 is 21.2 Å². The molecule has 0 rings (SSSR count). The first-order valence-corrected chi connectivity index (χ1v) is 0.707. The van der Waals surface area contributed by atoms with Gasteiger partial charge in [0.05, 0.1) is 0 Å². The molecule has 0 amide bonds. The number of hydrogen-bond donors (Lipinski definition) is 1. The van der Waals surface area contributed by atoms with Crippen LogP contribution in [-0.2, 0) is 21.7 Å². The standard InChI is InChI=1S/BO3.H3N.Ti/c2-1(3)4;;/h;1H3;/q-3;;+2/p+1. The Balaban J connectivity index is -0.0000000450. The molecule has 0 saturated heterocycles. The third-order valence-electron chi connectivity index (χ3n) is 0. The van der Waals surface area contributed by atoms with Gasteiger partial charge in [-0.25, -0.2) is 0 Å². The molecule has 0 atom stereocenters. The zero-order chi connectivity index (χ0) is 3.58. The first-order valence-electron chi connectivity index (χ1n) is 0.707. The number of quaternary nitrogens is 1. The molecule has 0 heterocycles. The van der Waals surface area contributed by atoms with Crippen LogP contribution in [0.2, 0.25) is 0 Å². The fourth-order valence-corrected chi connectivity index (χ4v) is 0. The molecule has 0 aromatic rings. The molecule has 34 valence electrons. The van der Waals surface area contributed by atoms with Crippen LogP contribution >= 0.6 is 0 Å². The fourth-order valence-electron chi connectivity index (χ4n) is 0. The van der Waals surface area contributed by atoms with E-state index >= 15 is 0 Å². The minimum absolute atomic E-state index is 0. The summed E-state index contributed by atoms with van der Waals surface area (Å²) in [4.78, 5) is 0. The molecule has 0 aliphatic rings. The van der Waals surface area contributed by atoms with Gasteiger partial charge in [-0.05, 0) is 0 Å².